The van der Waals surface area contributed by atoms with Crippen molar-refractivity contribution in [2.75, 3.05) is 18.4 Å². The fourth-order valence-electron chi connectivity index (χ4n) is 5.07. The van der Waals surface area contributed by atoms with Gasteiger partial charge in [0.25, 0.3) is 5.91 Å². The Kier molecular flexibility index (Phi) is 7.99. The standard InChI is InChI=1S/C30H33N5O4S/c1-21-15-16-24(19-27(21)40(38,39)34-17-9-4-10-18-34)32-28(36)20-35-26-14-8-7-13-25(26)33-29(35)22(2)31-30(37)23-11-5-3-6-12-23/h3,5-8,11-16,19,22H,4,9-10,17-18,20H2,1-2H3,(H,31,37)(H,32,36)/t22-/m1/s1. The number of imidazole rings is 1. The van der Waals surface area contributed by atoms with Gasteiger partial charge in [0.05, 0.1) is 22.0 Å². The van der Waals surface area contributed by atoms with Crippen molar-refractivity contribution in [2.24, 2.45) is 0 Å². The average Bonchev–Trinajstić information content (AvgIpc) is 3.33. The minimum absolute atomic E-state index is 0.0660. The molecule has 9 nitrogen and oxygen atoms in total. The van der Waals surface area contributed by atoms with E-state index in [1.54, 1.807) is 47.9 Å². The van der Waals surface area contributed by atoms with Gasteiger partial charge in [-0.15, -0.1) is 0 Å². The Balaban J connectivity index is 1.37. The van der Waals surface area contributed by atoms with Crippen molar-refractivity contribution in [3.8, 4) is 0 Å². The summed E-state index contributed by atoms with van der Waals surface area (Å²) in [6, 6.07) is 20.9. The normalized spacial score (nSPS) is 15.1. The molecule has 0 unspecified atom stereocenters. The van der Waals surface area contributed by atoms with Crippen LogP contribution in [-0.4, -0.2) is 47.2 Å². The maximum atomic E-state index is 13.3. The summed E-state index contributed by atoms with van der Waals surface area (Å²) >= 11 is 0. The molecule has 2 amide bonds. The molecule has 1 atom stereocenters. The van der Waals surface area contributed by atoms with Crippen LogP contribution in [0.25, 0.3) is 11.0 Å². The number of sulfonamides is 1. The SMILES string of the molecule is Cc1ccc(NC(=O)Cn2c([C@@H](C)NC(=O)c3ccccc3)nc3ccccc32)cc1S(=O)(=O)N1CCCCC1. The van der Waals surface area contributed by atoms with Gasteiger partial charge in [0.2, 0.25) is 15.9 Å². The van der Waals surface area contributed by atoms with Crippen molar-refractivity contribution in [3.05, 3.63) is 89.7 Å². The lowest BCUT2D eigenvalue weighted by Crippen LogP contribution is -2.36. The van der Waals surface area contributed by atoms with E-state index in [1.807, 2.05) is 37.3 Å². The van der Waals surface area contributed by atoms with Crippen molar-refractivity contribution in [3.63, 3.8) is 0 Å². The van der Waals surface area contributed by atoms with Crippen LogP contribution in [-0.2, 0) is 21.4 Å². The topological polar surface area (TPSA) is 113 Å². The molecule has 4 aromatic rings. The first-order chi connectivity index (χ1) is 19.2. The molecule has 0 saturated carbocycles. The van der Waals surface area contributed by atoms with Crippen LogP contribution >= 0.6 is 0 Å². The second kappa shape index (κ2) is 11.6. The molecule has 10 heteroatoms. The second-order valence-electron chi connectivity index (χ2n) is 10.1. The summed E-state index contributed by atoms with van der Waals surface area (Å²) in [7, 11) is -3.66. The maximum absolute atomic E-state index is 13.3. The molecule has 3 aromatic carbocycles. The highest BCUT2D eigenvalue weighted by molar-refractivity contribution is 7.89. The number of fused-ring (bicyclic) bond motifs is 1. The summed E-state index contributed by atoms with van der Waals surface area (Å²) in [6.45, 7) is 4.54. The molecule has 2 heterocycles. The van der Waals surface area contributed by atoms with E-state index in [4.69, 9.17) is 4.98 Å². The third-order valence-corrected chi connectivity index (χ3v) is 9.20. The van der Waals surface area contributed by atoms with Gasteiger partial charge in [0.15, 0.2) is 0 Å². The molecule has 1 aromatic heterocycles. The zero-order valence-electron chi connectivity index (χ0n) is 22.6. The summed E-state index contributed by atoms with van der Waals surface area (Å²) in [4.78, 5) is 31.0. The number of rotatable bonds is 8. The summed E-state index contributed by atoms with van der Waals surface area (Å²) in [6.07, 6.45) is 2.72. The highest BCUT2D eigenvalue weighted by Gasteiger charge is 2.28. The Labute approximate surface area is 234 Å². The summed E-state index contributed by atoms with van der Waals surface area (Å²) < 4.78 is 30.0. The molecule has 5 rings (SSSR count). The van der Waals surface area contributed by atoms with Crippen LogP contribution in [0.4, 0.5) is 5.69 Å². The smallest absolute Gasteiger partial charge is 0.251 e. The first-order valence-electron chi connectivity index (χ1n) is 13.5. The van der Waals surface area contributed by atoms with E-state index < -0.39 is 16.1 Å². The van der Waals surface area contributed by atoms with Gasteiger partial charge in [-0.2, -0.15) is 4.31 Å². The number of para-hydroxylation sites is 2. The minimum atomic E-state index is -3.66. The lowest BCUT2D eigenvalue weighted by Gasteiger charge is -2.26. The number of piperidine rings is 1. The number of nitrogens with zero attached hydrogens (tertiary/aromatic N) is 3. The molecule has 1 aliphatic rings. The number of carbonyl (C=O) groups excluding carboxylic acids is 2. The number of benzene rings is 3. The Morgan fingerprint density at radius 3 is 2.40 bits per heavy atom. The van der Waals surface area contributed by atoms with Gasteiger partial charge < -0.3 is 15.2 Å². The zero-order chi connectivity index (χ0) is 28.3. The summed E-state index contributed by atoms with van der Waals surface area (Å²) in [5, 5.41) is 5.84. The van der Waals surface area contributed by atoms with Gasteiger partial charge in [0.1, 0.15) is 12.4 Å². The first kappa shape index (κ1) is 27.5. The fraction of sp³-hybridized carbons (Fsp3) is 0.300. The van der Waals surface area contributed by atoms with Crippen LogP contribution < -0.4 is 10.6 Å². The molecule has 0 bridgehead atoms. The molecule has 2 N–H and O–H groups in total. The van der Waals surface area contributed by atoms with Gasteiger partial charge in [-0.3, -0.25) is 9.59 Å². The average molecular weight is 560 g/mol. The molecule has 40 heavy (non-hydrogen) atoms. The van der Waals surface area contributed by atoms with E-state index >= 15 is 0 Å². The van der Waals surface area contributed by atoms with Crippen molar-refractivity contribution >= 4 is 38.6 Å². The summed E-state index contributed by atoms with van der Waals surface area (Å²) in [5.74, 6) is -0.0349. The highest BCUT2D eigenvalue weighted by Crippen LogP contribution is 2.27. The number of aryl methyl sites for hydroxylation is 1. The van der Waals surface area contributed by atoms with Crippen molar-refractivity contribution in [1.29, 1.82) is 0 Å². The van der Waals surface area contributed by atoms with E-state index in [-0.39, 0.29) is 23.3 Å². The van der Waals surface area contributed by atoms with Gasteiger partial charge >= 0.3 is 0 Å². The van der Waals surface area contributed by atoms with E-state index in [2.05, 4.69) is 10.6 Å². The lowest BCUT2D eigenvalue weighted by atomic mass is 10.2. The quantitative estimate of drug-likeness (QED) is 0.326. The number of nitrogens with one attached hydrogen (secondary N) is 2. The van der Waals surface area contributed by atoms with Gasteiger partial charge in [-0.05, 0) is 68.7 Å². The van der Waals surface area contributed by atoms with E-state index in [9.17, 15) is 18.0 Å². The molecule has 1 saturated heterocycles. The van der Waals surface area contributed by atoms with E-state index in [0.717, 1.165) is 24.8 Å². The Morgan fingerprint density at radius 2 is 1.65 bits per heavy atom. The van der Waals surface area contributed by atoms with Crippen molar-refractivity contribution in [1.82, 2.24) is 19.2 Å². The fourth-order valence-corrected chi connectivity index (χ4v) is 6.84. The van der Waals surface area contributed by atoms with Crippen LogP contribution in [0, 0.1) is 6.92 Å². The molecule has 1 fully saturated rings. The number of carbonyl (C=O) groups is 2. The molecule has 0 radical (unpaired) electrons. The highest BCUT2D eigenvalue weighted by atomic mass is 32.2. The predicted molar refractivity (Wildman–Crippen MR) is 154 cm³/mol. The van der Waals surface area contributed by atoms with Crippen LogP contribution in [0.1, 0.15) is 54.0 Å². The second-order valence-corrected chi connectivity index (χ2v) is 12.0. The van der Waals surface area contributed by atoms with Crippen molar-refractivity contribution in [2.45, 2.75) is 50.6 Å². The number of hydrogen-bond acceptors (Lipinski definition) is 5. The van der Waals surface area contributed by atoms with Crippen LogP contribution in [0.2, 0.25) is 0 Å². The minimum Gasteiger partial charge on any atom is -0.342 e. The Bertz CT molecular complexity index is 1640. The molecular weight excluding hydrogens is 526 g/mol. The first-order valence-corrected chi connectivity index (χ1v) is 14.9. The molecule has 0 aliphatic carbocycles. The van der Waals surface area contributed by atoms with Gasteiger partial charge in [0, 0.05) is 24.3 Å². The molecule has 0 spiro atoms. The van der Waals surface area contributed by atoms with Gasteiger partial charge in [-0.1, -0.05) is 42.8 Å². The third kappa shape index (κ3) is 5.78. The Hall–Kier alpha value is -4.02. The third-order valence-electron chi connectivity index (χ3n) is 7.16. The van der Waals surface area contributed by atoms with E-state index in [0.29, 0.717) is 41.2 Å². The number of aromatic nitrogens is 2. The number of anilines is 1. The van der Waals surface area contributed by atoms with Crippen LogP contribution in [0.3, 0.4) is 0 Å². The van der Waals surface area contributed by atoms with Gasteiger partial charge in [-0.25, -0.2) is 13.4 Å². The molecule has 208 valence electrons. The van der Waals surface area contributed by atoms with Crippen molar-refractivity contribution < 1.29 is 18.0 Å². The molecule has 1 aliphatic heterocycles. The summed E-state index contributed by atoms with van der Waals surface area (Å²) in [5.41, 5.74) is 3.03. The maximum Gasteiger partial charge on any atom is 0.251 e. The van der Waals surface area contributed by atoms with Crippen LogP contribution in [0.5, 0.6) is 0 Å². The molecular formula is C30H33N5O4S. The number of amides is 2. The van der Waals surface area contributed by atoms with E-state index in [1.165, 1.54) is 10.4 Å². The lowest BCUT2D eigenvalue weighted by molar-refractivity contribution is -0.116. The Morgan fingerprint density at radius 1 is 0.950 bits per heavy atom. The monoisotopic (exact) mass is 559 g/mol. The number of hydrogen-bond donors (Lipinski definition) is 2. The largest absolute Gasteiger partial charge is 0.342 e. The van der Waals surface area contributed by atoms with Crippen LogP contribution in [0.15, 0.2) is 77.7 Å². The zero-order valence-corrected chi connectivity index (χ0v) is 23.4. The predicted octanol–water partition coefficient (Wildman–Crippen LogP) is 4.65.